The Hall–Kier alpha value is -2.16. The van der Waals surface area contributed by atoms with Crippen molar-refractivity contribution in [1.82, 2.24) is 0 Å². The van der Waals surface area contributed by atoms with Crippen LogP contribution in [0, 0.1) is 6.92 Å². The minimum atomic E-state index is 0.804. The fourth-order valence-electron chi connectivity index (χ4n) is 2.50. The molecule has 2 rings (SSSR count). The Morgan fingerprint density at radius 2 is 1.58 bits per heavy atom. The van der Waals surface area contributed by atoms with Gasteiger partial charge in [0.2, 0.25) is 0 Å². The van der Waals surface area contributed by atoms with Gasteiger partial charge in [-0.3, -0.25) is 0 Å². The second-order valence-electron chi connectivity index (χ2n) is 6.16. The van der Waals surface area contributed by atoms with E-state index in [1.165, 1.54) is 24.8 Å². The summed E-state index contributed by atoms with van der Waals surface area (Å²) in [6, 6.07) is 16.7. The molecular formula is C21H30N2O. The van der Waals surface area contributed by atoms with Crippen molar-refractivity contribution in [3.8, 4) is 5.75 Å². The van der Waals surface area contributed by atoms with Gasteiger partial charge < -0.3 is 15.4 Å². The van der Waals surface area contributed by atoms with Crippen LogP contribution >= 0.6 is 0 Å². The smallest absolute Gasteiger partial charge is 0.121 e. The van der Waals surface area contributed by atoms with Crippen LogP contribution in [0.15, 0.2) is 48.5 Å². The molecule has 0 atom stereocenters. The standard InChI is InChI=1S/C21H30N2O/c1-3-4-5-6-16-24-21-9-7-8-20(17-21)23-15-14-22-19-12-10-18(2)11-13-19/h7-13,17,22-23H,3-6,14-16H2,1-2H3. The summed E-state index contributed by atoms with van der Waals surface area (Å²) >= 11 is 0. The maximum absolute atomic E-state index is 5.82. The Bertz CT molecular complexity index is 581. The highest BCUT2D eigenvalue weighted by Gasteiger charge is 1.97. The monoisotopic (exact) mass is 326 g/mol. The van der Waals surface area contributed by atoms with Gasteiger partial charge in [0.15, 0.2) is 0 Å². The van der Waals surface area contributed by atoms with Crippen LogP contribution in [0.5, 0.6) is 5.75 Å². The van der Waals surface area contributed by atoms with Crippen LogP contribution in [0.1, 0.15) is 38.2 Å². The summed E-state index contributed by atoms with van der Waals surface area (Å²) in [6.45, 7) is 6.88. The third kappa shape index (κ3) is 6.95. The molecule has 0 heterocycles. The molecule has 0 aliphatic heterocycles. The molecule has 3 heteroatoms. The first-order valence-corrected chi connectivity index (χ1v) is 9.05. The number of hydrogen-bond donors (Lipinski definition) is 2. The first kappa shape index (κ1) is 18.2. The van der Waals surface area contributed by atoms with Gasteiger partial charge in [-0.05, 0) is 37.6 Å². The van der Waals surface area contributed by atoms with Crippen LogP contribution in [-0.2, 0) is 0 Å². The lowest BCUT2D eigenvalue weighted by atomic mass is 10.2. The summed E-state index contributed by atoms with van der Waals surface area (Å²) in [7, 11) is 0. The molecule has 0 fully saturated rings. The fourth-order valence-corrected chi connectivity index (χ4v) is 2.50. The van der Waals surface area contributed by atoms with Gasteiger partial charge in [-0.1, -0.05) is 49.9 Å². The van der Waals surface area contributed by atoms with E-state index >= 15 is 0 Å². The molecule has 0 saturated heterocycles. The molecule has 0 bridgehead atoms. The van der Waals surface area contributed by atoms with Crippen LogP contribution < -0.4 is 15.4 Å². The van der Waals surface area contributed by atoms with E-state index in [9.17, 15) is 0 Å². The average Bonchev–Trinajstić information content (AvgIpc) is 2.60. The minimum absolute atomic E-state index is 0.804. The normalized spacial score (nSPS) is 10.4. The number of benzene rings is 2. The van der Waals surface area contributed by atoms with Gasteiger partial charge in [0.1, 0.15) is 5.75 Å². The Kier molecular flexibility index (Phi) is 8.02. The molecular weight excluding hydrogens is 296 g/mol. The first-order chi connectivity index (χ1) is 11.8. The Morgan fingerprint density at radius 1 is 0.833 bits per heavy atom. The van der Waals surface area contributed by atoms with E-state index in [4.69, 9.17) is 4.74 Å². The maximum Gasteiger partial charge on any atom is 0.121 e. The summed E-state index contributed by atoms with van der Waals surface area (Å²) in [6.07, 6.45) is 4.93. The highest BCUT2D eigenvalue weighted by Crippen LogP contribution is 2.17. The van der Waals surface area contributed by atoms with Crippen LogP contribution in [0.2, 0.25) is 0 Å². The van der Waals surface area contributed by atoms with E-state index in [2.05, 4.69) is 60.9 Å². The molecule has 24 heavy (non-hydrogen) atoms. The van der Waals surface area contributed by atoms with Crippen molar-refractivity contribution in [3.63, 3.8) is 0 Å². The third-order valence-electron chi connectivity index (χ3n) is 3.94. The zero-order valence-corrected chi connectivity index (χ0v) is 15.0. The fraction of sp³-hybridized carbons (Fsp3) is 0.429. The Balaban J connectivity index is 1.67. The van der Waals surface area contributed by atoms with E-state index in [0.717, 1.165) is 43.2 Å². The Morgan fingerprint density at radius 3 is 2.33 bits per heavy atom. The zero-order chi connectivity index (χ0) is 17.0. The van der Waals surface area contributed by atoms with Crippen molar-refractivity contribution in [2.24, 2.45) is 0 Å². The molecule has 2 aromatic carbocycles. The van der Waals surface area contributed by atoms with Gasteiger partial charge in [-0.2, -0.15) is 0 Å². The topological polar surface area (TPSA) is 33.3 Å². The molecule has 0 saturated carbocycles. The lowest BCUT2D eigenvalue weighted by molar-refractivity contribution is 0.305. The predicted molar refractivity (Wildman–Crippen MR) is 104 cm³/mol. The summed E-state index contributed by atoms with van der Waals surface area (Å²) in [4.78, 5) is 0. The average molecular weight is 326 g/mol. The van der Waals surface area contributed by atoms with Crippen LogP contribution in [-0.4, -0.2) is 19.7 Å². The summed E-state index contributed by atoms with van der Waals surface area (Å²) in [5.74, 6) is 0.947. The number of hydrogen-bond acceptors (Lipinski definition) is 3. The molecule has 0 radical (unpaired) electrons. The van der Waals surface area contributed by atoms with Gasteiger partial charge >= 0.3 is 0 Å². The molecule has 2 aromatic rings. The third-order valence-corrected chi connectivity index (χ3v) is 3.94. The summed E-state index contributed by atoms with van der Waals surface area (Å²) in [5, 5.41) is 6.85. The van der Waals surface area contributed by atoms with E-state index in [1.54, 1.807) is 0 Å². The number of aryl methyl sites for hydroxylation is 1. The second kappa shape index (κ2) is 10.6. The number of ether oxygens (including phenoxy) is 1. The minimum Gasteiger partial charge on any atom is -0.494 e. The van der Waals surface area contributed by atoms with Crippen molar-refractivity contribution in [2.75, 3.05) is 30.3 Å². The molecule has 2 N–H and O–H groups in total. The molecule has 0 amide bonds. The van der Waals surface area contributed by atoms with Crippen LogP contribution in [0.4, 0.5) is 11.4 Å². The summed E-state index contributed by atoms with van der Waals surface area (Å²) in [5.41, 5.74) is 3.54. The SMILES string of the molecule is CCCCCCOc1cccc(NCCNc2ccc(C)cc2)c1. The maximum atomic E-state index is 5.82. The highest BCUT2D eigenvalue weighted by atomic mass is 16.5. The highest BCUT2D eigenvalue weighted by molar-refractivity contribution is 5.49. The molecule has 3 nitrogen and oxygen atoms in total. The first-order valence-electron chi connectivity index (χ1n) is 9.05. The number of rotatable bonds is 11. The van der Waals surface area contributed by atoms with E-state index in [-0.39, 0.29) is 0 Å². The van der Waals surface area contributed by atoms with Crippen LogP contribution in [0.25, 0.3) is 0 Å². The molecule has 0 aliphatic rings. The molecule has 0 aromatic heterocycles. The van der Waals surface area contributed by atoms with E-state index in [1.807, 2.05) is 12.1 Å². The lowest BCUT2D eigenvalue weighted by Crippen LogP contribution is -2.13. The Labute approximate surface area is 146 Å². The summed E-state index contributed by atoms with van der Waals surface area (Å²) < 4.78 is 5.82. The molecule has 0 unspecified atom stereocenters. The van der Waals surface area contributed by atoms with Crippen molar-refractivity contribution < 1.29 is 4.74 Å². The van der Waals surface area contributed by atoms with Gasteiger partial charge in [0.25, 0.3) is 0 Å². The predicted octanol–water partition coefficient (Wildman–Crippen LogP) is 5.48. The van der Waals surface area contributed by atoms with Gasteiger partial charge in [0.05, 0.1) is 6.61 Å². The largest absolute Gasteiger partial charge is 0.494 e. The number of anilines is 2. The van der Waals surface area contributed by atoms with Crippen molar-refractivity contribution in [1.29, 1.82) is 0 Å². The molecule has 130 valence electrons. The van der Waals surface area contributed by atoms with E-state index in [0.29, 0.717) is 0 Å². The lowest BCUT2D eigenvalue weighted by Gasteiger charge is -2.11. The number of unbranched alkanes of at least 4 members (excludes halogenated alkanes) is 3. The quantitative estimate of drug-likeness (QED) is 0.537. The molecule has 0 aliphatic carbocycles. The van der Waals surface area contributed by atoms with Crippen molar-refractivity contribution in [2.45, 2.75) is 39.5 Å². The zero-order valence-electron chi connectivity index (χ0n) is 15.0. The van der Waals surface area contributed by atoms with Crippen LogP contribution in [0.3, 0.4) is 0 Å². The number of nitrogens with one attached hydrogen (secondary N) is 2. The van der Waals surface area contributed by atoms with Crippen molar-refractivity contribution in [3.05, 3.63) is 54.1 Å². The van der Waals surface area contributed by atoms with Gasteiger partial charge in [-0.15, -0.1) is 0 Å². The second-order valence-corrected chi connectivity index (χ2v) is 6.16. The van der Waals surface area contributed by atoms with E-state index < -0.39 is 0 Å². The van der Waals surface area contributed by atoms with Gasteiger partial charge in [0, 0.05) is 30.5 Å². The molecule has 0 spiro atoms. The van der Waals surface area contributed by atoms with Gasteiger partial charge in [-0.25, -0.2) is 0 Å². The van der Waals surface area contributed by atoms with Crippen molar-refractivity contribution >= 4 is 11.4 Å².